The molecule has 17 heteroatoms. The Labute approximate surface area is 237 Å². The molecular formula is C23H30BrFN7O7P. The number of hydrogen-bond acceptors (Lipinski definition) is 11. The lowest BCUT2D eigenvalue weighted by molar-refractivity contribution is -0.145. The lowest BCUT2D eigenvalue weighted by Crippen LogP contribution is -2.40. The van der Waals surface area contributed by atoms with Crippen LogP contribution in [0.4, 0.5) is 10.3 Å². The molecule has 1 aliphatic heterocycles. The Hall–Kier alpha value is -2.72. The molecule has 6 N–H and O–H groups in total. The second kappa shape index (κ2) is 12.4. The molecule has 0 bridgehead atoms. The second-order valence-electron chi connectivity index (χ2n) is 9.07. The van der Waals surface area contributed by atoms with Crippen molar-refractivity contribution in [1.29, 1.82) is 0 Å². The van der Waals surface area contributed by atoms with Gasteiger partial charge in [0.1, 0.15) is 18.2 Å². The number of nitrogens with two attached hydrogens (primary N) is 1. The summed E-state index contributed by atoms with van der Waals surface area (Å²) in [4.78, 5) is 24.0. The number of nitrogen functional groups attached to an aromatic ring is 1. The van der Waals surface area contributed by atoms with Crippen LogP contribution in [-0.4, -0.2) is 71.7 Å². The molecule has 0 radical (unpaired) electrons. The van der Waals surface area contributed by atoms with E-state index in [0.717, 1.165) is 0 Å². The number of carbonyl (C=O) groups excluding carboxylic acids is 1. The molecule has 4 rings (SSSR count). The molecule has 0 aliphatic carbocycles. The maximum Gasteiger partial charge on any atom is 0.341 e. The van der Waals surface area contributed by atoms with Gasteiger partial charge < -0.3 is 34.5 Å². The van der Waals surface area contributed by atoms with Gasteiger partial charge >= 0.3 is 13.6 Å². The van der Waals surface area contributed by atoms with E-state index in [4.69, 9.17) is 19.7 Å². The van der Waals surface area contributed by atoms with Gasteiger partial charge in [-0.25, -0.2) is 14.6 Å². The number of rotatable bonds is 12. The molecular weight excluding hydrogens is 616 g/mol. The molecule has 0 aromatic carbocycles. The second-order valence-corrected chi connectivity index (χ2v) is 12.2. The highest BCUT2D eigenvalue weighted by Crippen LogP contribution is 2.49. The Morgan fingerprint density at radius 2 is 2.20 bits per heavy atom. The third-order valence-electron chi connectivity index (χ3n) is 6.00. The number of pyridine rings is 1. The molecule has 4 heterocycles. The molecule has 2 unspecified atom stereocenters. The summed E-state index contributed by atoms with van der Waals surface area (Å²) >= 11 is 2.90. The maximum atomic E-state index is 15.8. The van der Waals surface area contributed by atoms with Gasteiger partial charge in [0.25, 0.3) is 0 Å². The number of carbonyl (C=O) groups is 1. The lowest BCUT2D eigenvalue weighted by atomic mass is 10.1. The third kappa shape index (κ3) is 6.60. The van der Waals surface area contributed by atoms with Gasteiger partial charge in [-0.1, -0.05) is 13.0 Å². The first-order valence-corrected chi connectivity index (χ1v) is 14.7. The molecule has 3 aromatic rings. The number of halogens is 2. The van der Waals surface area contributed by atoms with E-state index >= 15 is 4.39 Å². The average Bonchev–Trinajstić information content (AvgIpc) is 3.43. The summed E-state index contributed by atoms with van der Waals surface area (Å²) in [5.41, 5.74) is 6.38. The predicted octanol–water partition coefficient (Wildman–Crippen LogP) is 2.28. The van der Waals surface area contributed by atoms with Crippen molar-refractivity contribution in [3.8, 4) is 5.88 Å². The van der Waals surface area contributed by atoms with Crippen molar-refractivity contribution in [2.24, 2.45) is 0 Å². The number of alkyl halides is 2. The van der Waals surface area contributed by atoms with Crippen LogP contribution in [0, 0.1) is 0 Å². The van der Waals surface area contributed by atoms with Gasteiger partial charge in [0.15, 0.2) is 11.9 Å². The number of ether oxygens (including phenoxy) is 2. The summed E-state index contributed by atoms with van der Waals surface area (Å²) in [5, 5.41) is 26.4. The van der Waals surface area contributed by atoms with Crippen LogP contribution in [-0.2, 0) is 29.9 Å². The van der Waals surface area contributed by atoms with Crippen LogP contribution in [0.3, 0.4) is 0 Å². The highest BCUT2D eigenvalue weighted by atomic mass is 79.9. The molecule has 6 atom stereocenters. The van der Waals surface area contributed by atoms with Crippen molar-refractivity contribution in [3.05, 3.63) is 42.4 Å². The van der Waals surface area contributed by atoms with Crippen molar-refractivity contribution in [2.45, 2.75) is 55.9 Å². The van der Waals surface area contributed by atoms with Gasteiger partial charge in [0.2, 0.25) is 16.4 Å². The first-order valence-electron chi connectivity index (χ1n) is 12.3. The number of nitrogens with one attached hydrogen (secondary N) is 2. The average molecular weight is 646 g/mol. The summed E-state index contributed by atoms with van der Waals surface area (Å²) < 4.78 is 44.8. The standard InChI is InChI=1S/C23H30BrFN7O7P/c1-3-9-37-20(35)13(2)31-40(36,28-11-14-5-4-7-27-10-14)38-12-16-17(33)23(24,25)21(39-16)32-8-6-15-18(32)29-22(26)30-19(15)34/h4-8,10,13,16-17,21,33H,3,9,11-12H2,1-2H3,(H2,28,31,36)(H3,26,29,30,34)/t13-,16+,17?,21+,23+,40?/m0/s1. The van der Waals surface area contributed by atoms with E-state index in [9.17, 15) is 19.6 Å². The van der Waals surface area contributed by atoms with Gasteiger partial charge in [0.05, 0.1) is 18.6 Å². The van der Waals surface area contributed by atoms with Crippen molar-refractivity contribution < 1.29 is 38.0 Å². The fraction of sp³-hybridized carbons (Fsp3) is 0.478. The molecule has 14 nitrogen and oxygen atoms in total. The third-order valence-corrected chi connectivity index (χ3v) is 8.68. The van der Waals surface area contributed by atoms with Crippen LogP contribution in [0.1, 0.15) is 32.1 Å². The minimum atomic E-state index is -4.01. The predicted molar refractivity (Wildman–Crippen MR) is 145 cm³/mol. The van der Waals surface area contributed by atoms with E-state index in [1.807, 2.05) is 6.92 Å². The number of aromatic nitrogens is 4. The minimum absolute atomic E-state index is 0.0526. The highest BCUT2D eigenvalue weighted by Gasteiger charge is 2.57. The van der Waals surface area contributed by atoms with Crippen molar-refractivity contribution >= 4 is 46.6 Å². The van der Waals surface area contributed by atoms with Crippen LogP contribution in [0.5, 0.6) is 5.88 Å². The SMILES string of the molecule is CCCOC(=O)[C@H](C)NP(=O)(NCc1cccnc1)OC[C@H]1O[C@@H](n2ccc3c(O)nc(N)nc32)[C@@](F)(Br)C1O. The first kappa shape index (κ1) is 30.2. The zero-order chi connectivity index (χ0) is 29.1. The van der Waals surface area contributed by atoms with Crippen LogP contribution in [0.15, 0.2) is 36.8 Å². The number of aromatic hydroxyl groups is 1. The van der Waals surface area contributed by atoms with E-state index in [0.29, 0.717) is 12.0 Å². The molecule has 1 fully saturated rings. The van der Waals surface area contributed by atoms with E-state index in [1.54, 1.807) is 24.5 Å². The zero-order valence-electron chi connectivity index (χ0n) is 21.6. The van der Waals surface area contributed by atoms with Gasteiger partial charge in [-0.3, -0.25) is 14.3 Å². The Bertz CT molecular complexity index is 1380. The normalized spacial score (nSPS) is 25.1. The van der Waals surface area contributed by atoms with Gasteiger partial charge in [-0.05, 0) is 47.0 Å². The summed E-state index contributed by atoms with van der Waals surface area (Å²) in [6, 6.07) is 3.85. The Morgan fingerprint density at radius 1 is 1.43 bits per heavy atom. The van der Waals surface area contributed by atoms with Gasteiger partial charge in [-0.15, -0.1) is 0 Å². The molecule has 1 saturated heterocycles. The number of aliphatic hydroxyl groups excluding tert-OH is 1. The number of esters is 1. The first-order chi connectivity index (χ1) is 18.9. The highest BCUT2D eigenvalue weighted by molar-refractivity contribution is 9.10. The largest absolute Gasteiger partial charge is 0.493 e. The van der Waals surface area contributed by atoms with Crippen LogP contribution in [0.2, 0.25) is 0 Å². The van der Waals surface area contributed by atoms with Crippen LogP contribution >= 0.6 is 23.6 Å². The topological polar surface area (TPSA) is 196 Å². The number of fused-ring (bicyclic) bond motifs is 1. The number of anilines is 1. The Balaban J connectivity index is 1.52. The van der Waals surface area contributed by atoms with Gasteiger partial charge in [0, 0.05) is 25.1 Å². The fourth-order valence-electron chi connectivity index (χ4n) is 3.97. The minimum Gasteiger partial charge on any atom is -0.493 e. The molecule has 0 saturated carbocycles. The zero-order valence-corrected chi connectivity index (χ0v) is 24.1. The quantitative estimate of drug-likeness (QED) is 0.109. The summed E-state index contributed by atoms with van der Waals surface area (Å²) in [5.74, 6) is -1.30. The maximum absolute atomic E-state index is 15.8. The summed E-state index contributed by atoms with van der Waals surface area (Å²) in [6.45, 7) is 3.00. The van der Waals surface area contributed by atoms with Crippen LogP contribution in [0.25, 0.3) is 11.0 Å². The fourth-order valence-corrected chi connectivity index (χ4v) is 6.21. The molecule has 1 aliphatic rings. The molecule has 3 aromatic heterocycles. The van der Waals surface area contributed by atoms with E-state index in [2.05, 4.69) is 41.1 Å². The number of nitrogens with zero attached hydrogens (tertiary/aromatic N) is 4. The number of aliphatic hydroxyl groups is 1. The Morgan fingerprint density at radius 3 is 2.90 bits per heavy atom. The lowest BCUT2D eigenvalue weighted by Gasteiger charge is -2.25. The number of hydrogen-bond donors (Lipinski definition) is 5. The molecule has 0 amide bonds. The summed E-state index contributed by atoms with van der Waals surface area (Å²) in [7, 11) is -4.01. The summed E-state index contributed by atoms with van der Waals surface area (Å²) in [6.07, 6.45) is 0.539. The molecule has 218 valence electrons. The van der Waals surface area contributed by atoms with Gasteiger partial charge in [-0.2, -0.15) is 9.97 Å². The molecule has 40 heavy (non-hydrogen) atoms. The molecule has 0 spiro atoms. The Kier molecular flexibility index (Phi) is 9.40. The van der Waals surface area contributed by atoms with Crippen LogP contribution < -0.4 is 15.9 Å². The van der Waals surface area contributed by atoms with E-state index < -0.39 is 55.2 Å². The monoisotopic (exact) mass is 645 g/mol. The van der Waals surface area contributed by atoms with Crippen molar-refractivity contribution in [1.82, 2.24) is 29.7 Å². The van der Waals surface area contributed by atoms with Crippen molar-refractivity contribution in [2.75, 3.05) is 18.9 Å². The smallest absolute Gasteiger partial charge is 0.341 e. The van der Waals surface area contributed by atoms with E-state index in [1.165, 1.54) is 23.8 Å². The van der Waals surface area contributed by atoms with Crippen molar-refractivity contribution in [3.63, 3.8) is 0 Å². The van der Waals surface area contributed by atoms with E-state index in [-0.39, 0.29) is 30.1 Å².